The van der Waals surface area contributed by atoms with Crippen molar-refractivity contribution in [3.8, 4) is 0 Å². The summed E-state index contributed by atoms with van der Waals surface area (Å²) in [5.41, 5.74) is 6.87. The van der Waals surface area contributed by atoms with Crippen molar-refractivity contribution in [1.82, 2.24) is 4.90 Å². The lowest BCUT2D eigenvalue weighted by Crippen LogP contribution is -2.37. The molecule has 0 fully saturated rings. The molecule has 3 nitrogen and oxygen atoms in total. The van der Waals surface area contributed by atoms with Gasteiger partial charge in [0.25, 0.3) is 0 Å². The summed E-state index contributed by atoms with van der Waals surface area (Å²) in [5.74, 6) is 0.283. The second-order valence-electron chi connectivity index (χ2n) is 4.82. The second-order valence-corrected chi connectivity index (χ2v) is 4.82. The maximum absolute atomic E-state index is 9.92. The zero-order valence-corrected chi connectivity index (χ0v) is 10.8. The summed E-state index contributed by atoms with van der Waals surface area (Å²) in [7, 11) is 0. The lowest BCUT2D eigenvalue weighted by Gasteiger charge is -2.26. The quantitative estimate of drug-likeness (QED) is 0.753. The van der Waals surface area contributed by atoms with Crippen LogP contribution in [-0.4, -0.2) is 35.7 Å². The van der Waals surface area contributed by atoms with Crippen LogP contribution < -0.4 is 5.73 Å². The molecule has 3 heteroatoms. The van der Waals surface area contributed by atoms with Crippen LogP contribution in [0.25, 0.3) is 0 Å². The predicted octanol–water partition coefficient (Wildman–Crippen LogP) is 1.46. The monoisotopic (exact) mass is 236 g/mol. The van der Waals surface area contributed by atoms with Crippen molar-refractivity contribution in [3.63, 3.8) is 0 Å². The van der Waals surface area contributed by atoms with Crippen molar-refractivity contribution in [3.05, 3.63) is 35.9 Å². The van der Waals surface area contributed by atoms with Crippen LogP contribution in [0, 0.1) is 5.92 Å². The van der Waals surface area contributed by atoms with Crippen molar-refractivity contribution in [2.45, 2.75) is 26.5 Å². The molecule has 0 amide bonds. The summed E-state index contributed by atoms with van der Waals surface area (Å²) in [5, 5.41) is 9.92. The molecule has 17 heavy (non-hydrogen) atoms. The summed E-state index contributed by atoms with van der Waals surface area (Å²) >= 11 is 0. The first-order valence-electron chi connectivity index (χ1n) is 6.28. The van der Waals surface area contributed by atoms with Gasteiger partial charge in [0.05, 0.1) is 6.10 Å². The number of nitrogens with zero attached hydrogens (tertiary/aromatic N) is 1. The third-order valence-corrected chi connectivity index (χ3v) is 2.91. The van der Waals surface area contributed by atoms with Gasteiger partial charge in [-0.3, -0.25) is 4.90 Å². The van der Waals surface area contributed by atoms with E-state index >= 15 is 0 Å². The molecule has 0 aliphatic rings. The minimum Gasteiger partial charge on any atom is -0.392 e. The molecule has 0 saturated carbocycles. The van der Waals surface area contributed by atoms with Crippen LogP contribution in [0.2, 0.25) is 0 Å². The van der Waals surface area contributed by atoms with E-state index < -0.39 is 0 Å². The zero-order valence-electron chi connectivity index (χ0n) is 10.8. The fourth-order valence-corrected chi connectivity index (χ4v) is 1.73. The predicted molar refractivity (Wildman–Crippen MR) is 71.6 cm³/mol. The summed E-state index contributed by atoms with van der Waals surface area (Å²) in [6.45, 7) is 7.05. The normalized spacial score (nSPS) is 13.3. The first-order chi connectivity index (χ1) is 8.13. The van der Waals surface area contributed by atoms with Gasteiger partial charge in [0.2, 0.25) is 0 Å². The third-order valence-electron chi connectivity index (χ3n) is 2.91. The lowest BCUT2D eigenvalue weighted by molar-refractivity contribution is 0.0744. The summed E-state index contributed by atoms with van der Waals surface area (Å²) in [4.78, 5) is 2.21. The molecule has 0 saturated heterocycles. The second kappa shape index (κ2) is 7.43. The number of nitrogens with two attached hydrogens (primary N) is 1. The van der Waals surface area contributed by atoms with Crippen LogP contribution in [0.5, 0.6) is 0 Å². The number of hydrogen-bond acceptors (Lipinski definition) is 3. The molecule has 0 aliphatic carbocycles. The van der Waals surface area contributed by atoms with Crippen molar-refractivity contribution in [2.75, 3.05) is 19.6 Å². The van der Waals surface area contributed by atoms with Gasteiger partial charge in [-0.1, -0.05) is 44.2 Å². The SMILES string of the molecule is CC(C)C(O)CN(CCN)Cc1ccccc1. The van der Waals surface area contributed by atoms with Crippen LogP contribution in [0.15, 0.2) is 30.3 Å². The van der Waals surface area contributed by atoms with E-state index in [-0.39, 0.29) is 12.0 Å². The van der Waals surface area contributed by atoms with Crippen LogP contribution in [0.4, 0.5) is 0 Å². The largest absolute Gasteiger partial charge is 0.392 e. The molecule has 1 aromatic carbocycles. The number of rotatable bonds is 7. The fraction of sp³-hybridized carbons (Fsp3) is 0.571. The van der Waals surface area contributed by atoms with Crippen molar-refractivity contribution in [1.29, 1.82) is 0 Å². The Labute approximate surface area is 104 Å². The number of aliphatic hydroxyl groups excluding tert-OH is 1. The molecule has 1 rings (SSSR count). The Hall–Kier alpha value is -0.900. The smallest absolute Gasteiger partial charge is 0.0690 e. The molecule has 0 heterocycles. The fourth-order valence-electron chi connectivity index (χ4n) is 1.73. The van der Waals surface area contributed by atoms with Crippen LogP contribution in [0.1, 0.15) is 19.4 Å². The van der Waals surface area contributed by atoms with E-state index in [2.05, 4.69) is 17.0 Å². The minimum atomic E-state index is -0.287. The van der Waals surface area contributed by atoms with Gasteiger partial charge in [0, 0.05) is 26.2 Å². The molecular formula is C14H24N2O. The van der Waals surface area contributed by atoms with Gasteiger partial charge in [-0.05, 0) is 11.5 Å². The molecule has 1 atom stereocenters. The Balaban J connectivity index is 2.54. The van der Waals surface area contributed by atoms with Crippen LogP contribution >= 0.6 is 0 Å². The Morgan fingerprint density at radius 3 is 2.41 bits per heavy atom. The van der Waals surface area contributed by atoms with Crippen molar-refractivity contribution >= 4 is 0 Å². The van der Waals surface area contributed by atoms with E-state index in [0.717, 1.165) is 13.1 Å². The molecule has 96 valence electrons. The Morgan fingerprint density at radius 1 is 1.24 bits per heavy atom. The van der Waals surface area contributed by atoms with Crippen molar-refractivity contribution < 1.29 is 5.11 Å². The standard InChI is InChI=1S/C14H24N2O/c1-12(2)14(17)11-16(9-8-15)10-13-6-4-3-5-7-13/h3-7,12,14,17H,8-11,15H2,1-2H3. The van der Waals surface area contributed by atoms with Gasteiger partial charge in [-0.15, -0.1) is 0 Å². The van der Waals surface area contributed by atoms with Gasteiger partial charge in [-0.2, -0.15) is 0 Å². The third kappa shape index (κ3) is 5.31. The van der Waals surface area contributed by atoms with Gasteiger partial charge in [0.1, 0.15) is 0 Å². The summed E-state index contributed by atoms with van der Waals surface area (Å²) < 4.78 is 0. The molecule has 1 aromatic rings. The molecule has 0 spiro atoms. The first-order valence-corrected chi connectivity index (χ1v) is 6.28. The van der Waals surface area contributed by atoms with E-state index in [0.29, 0.717) is 13.1 Å². The van der Waals surface area contributed by atoms with E-state index in [1.807, 2.05) is 32.0 Å². The molecule has 0 aromatic heterocycles. The molecule has 0 radical (unpaired) electrons. The topological polar surface area (TPSA) is 49.5 Å². The molecule has 0 aliphatic heterocycles. The molecular weight excluding hydrogens is 212 g/mol. The van der Waals surface area contributed by atoms with Gasteiger partial charge in [-0.25, -0.2) is 0 Å². The minimum absolute atomic E-state index is 0.283. The Morgan fingerprint density at radius 2 is 1.88 bits per heavy atom. The lowest BCUT2D eigenvalue weighted by atomic mass is 10.1. The van der Waals surface area contributed by atoms with Crippen LogP contribution in [-0.2, 0) is 6.54 Å². The molecule has 3 N–H and O–H groups in total. The number of aliphatic hydroxyl groups is 1. The number of hydrogen-bond donors (Lipinski definition) is 2. The van der Waals surface area contributed by atoms with Gasteiger partial charge in [0.15, 0.2) is 0 Å². The molecule has 1 unspecified atom stereocenters. The summed E-state index contributed by atoms with van der Waals surface area (Å²) in [6, 6.07) is 10.3. The van der Waals surface area contributed by atoms with E-state index in [1.165, 1.54) is 5.56 Å². The summed E-state index contributed by atoms with van der Waals surface area (Å²) in [6.07, 6.45) is -0.287. The maximum atomic E-state index is 9.92. The highest BCUT2D eigenvalue weighted by Gasteiger charge is 2.14. The zero-order chi connectivity index (χ0) is 12.7. The Bertz CT molecular complexity index is 300. The van der Waals surface area contributed by atoms with Crippen molar-refractivity contribution in [2.24, 2.45) is 11.7 Å². The Kier molecular flexibility index (Phi) is 6.19. The van der Waals surface area contributed by atoms with E-state index in [9.17, 15) is 5.11 Å². The highest BCUT2D eigenvalue weighted by atomic mass is 16.3. The number of benzene rings is 1. The highest BCUT2D eigenvalue weighted by Crippen LogP contribution is 2.08. The van der Waals surface area contributed by atoms with Gasteiger partial charge < -0.3 is 10.8 Å². The first kappa shape index (κ1) is 14.2. The van der Waals surface area contributed by atoms with E-state index in [4.69, 9.17) is 5.73 Å². The maximum Gasteiger partial charge on any atom is 0.0690 e. The highest BCUT2D eigenvalue weighted by molar-refractivity contribution is 5.14. The average Bonchev–Trinajstić information content (AvgIpc) is 2.30. The van der Waals surface area contributed by atoms with Gasteiger partial charge >= 0.3 is 0 Å². The van der Waals surface area contributed by atoms with E-state index in [1.54, 1.807) is 0 Å². The van der Waals surface area contributed by atoms with Crippen LogP contribution in [0.3, 0.4) is 0 Å². The molecule has 0 bridgehead atoms. The average molecular weight is 236 g/mol.